The van der Waals surface area contributed by atoms with Crippen molar-refractivity contribution < 1.29 is 14.3 Å². The summed E-state index contributed by atoms with van der Waals surface area (Å²) in [6.45, 7) is 6.52. The van der Waals surface area contributed by atoms with Crippen molar-refractivity contribution >= 4 is 17.4 Å². The highest BCUT2D eigenvalue weighted by atomic mass is 32.1. The molecule has 2 amide bonds. The van der Waals surface area contributed by atoms with Crippen LogP contribution < -0.4 is 0 Å². The van der Waals surface area contributed by atoms with Crippen LogP contribution in [0.15, 0.2) is 5.38 Å². The zero-order valence-electron chi connectivity index (χ0n) is 14.2. The highest BCUT2D eigenvalue weighted by Gasteiger charge is 2.50. The van der Waals surface area contributed by atoms with Gasteiger partial charge in [-0.3, -0.25) is 0 Å². The van der Waals surface area contributed by atoms with E-state index in [4.69, 9.17) is 9.47 Å². The smallest absolute Gasteiger partial charge is 0.320 e. The number of rotatable bonds is 3. The van der Waals surface area contributed by atoms with Gasteiger partial charge in [-0.25, -0.2) is 9.78 Å². The molecule has 0 unspecified atom stereocenters. The Labute approximate surface area is 146 Å². The van der Waals surface area contributed by atoms with Crippen LogP contribution in [0.2, 0.25) is 0 Å². The summed E-state index contributed by atoms with van der Waals surface area (Å²) >= 11 is 1.66. The Bertz CT molecular complexity index is 594. The monoisotopic (exact) mass is 351 g/mol. The Hall–Kier alpha value is -1.18. The van der Waals surface area contributed by atoms with E-state index in [0.717, 1.165) is 49.5 Å². The van der Waals surface area contributed by atoms with Crippen molar-refractivity contribution in [2.45, 2.75) is 50.9 Å². The van der Waals surface area contributed by atoms with E-state index in [1.165, 1.54) is 0 Å². The number of ether oxygens (including phenoxy) is 2. The lowest BCUT2D eigenvalue weighted by Gasteiger charge is -2.53. The molecule has 0 bridgehead atoms. The summed E-state index contributed by atoms with van der Waals surface area (Å²) in [6.07, 6.45) is 4.26. The third-order valence-corrected chi connectivity index (χ3v) is 6.01. The molecule has 4 heterocycles. The van der Waals surface area contributed by atoms with Crippen molar-refractivity contribution in [3.63, 3.8) is 0 Å². The number of hydrogen-bond acceptors (Lipinski definition) is 5. The number of amides is 2. The summed E-state index contributed by atoms with van der Waals surface area (Å²) in [5, 5.41) is 3.14. The predicted molar refractivity (Wildman–Crippen MR) is 91.1 cm³/mol. The zero-order chi connectivity index (χ0) is 16.6. The predicted octanol–water partition coefficient (Wildman–Crippen LogP) is 2.42. The van der Waals surface area contributed by atoms with E-state index in [9.17, 15) is 4.79 Å². The van der Waals surface area contributed by atoms with Crippen LogP contribution in [0.4, 0.5) is 4.79 Å². The van der Waals surface area contributed by atoms with Gasteiger partial charge in [0, 0.05) is 31.5 Å². The molecule has 7 heteroatoms. The molecule has 0 aliphatic carbocycles. The fraction of sp³-hybridized carbons (Fsp3) is 0.765. The van der Waals surface area contributed by atoms with Crippen molar-refractivity contribution in [2.75, 3.05) is 32.8 Å². The minimum absolute atomic E-state index is 0.183. The van der Waals surface area contributed by atoms with Gasteiger partial charge in [-0.15, -0.1) is 11.3 Å². The topological polar surface area (TPSA) is 54.9 Å². The maximum Gasteiger partial charge on any atom is 0.320 e. The van der Waals surface area contributed by atoms with Crippen LogP contribution in [-0.4, -0.2) is 65.3 Å². The highest BCUT2D eigenvalue weighted by molar-refractivity contribution is 7.09. The minimum atomic E-state index is -0.184. The summed E-state index contributed by atoms with van der Waals surface area (Å²) in [7, 11) is 0. The van der Waals surface area contributed by atoms with E-state index in [1.54, 1.807) is 11.3 Å². The normalized spacial score (nSPS) is 26.0. The molecule has 1 spiro atoms. The van der Waals surface area contributed by atoms with Gasteiger partial charge in [0.05, 0.1) is 36.5 Å². The standard InChI is InChI=1S/C17H25N3O3S/c1-13-18-14(10-24-13)9-22-15-4-7-23-17(8-15)11-20(12-17)16(21)19-5-2-3-6-19/h10,15H,2-9,11-12H2,1H3/t15-/m0/s1. The number of urea groups is 1. The lowest BCUT2D eigenvalue weighted by molar-refractivity contribution is -0.188. The number of carbonyl (C=O) groups is 1. The average Bonchev–Trinajstić information content (AvgIpc) is 3.22. The number of likely N-dealkylation sites (tertiary alicyclic amines) is 2. The summed E-state index contributed by atoms with van der Waals surface area (Å²) in [4.78, 5) is 20.7. The summed E-state index contributed by atoms with van der Waals surface area (Å²) < 4.78 is 12.1. The molecule has 3 aliphatic heterocycles. The van der Waals surface area contributed by atoms with Crippen LogP contribution >= 0.6 is 11.3 Å². The number of aryl methyl sites for hydroxylation is 1. The highest BCUT2D eigenvalue weighted by Crippen LogP contribution is 2.36. The molecule has 4 rings (SSSR count). The lowest BCUT2D eigenvalue weighted by atomic mass is 9.85. The first kappa shape index (κ1) is 16.3. The van der Waals surface area contributed by atoms with Crippen molar-refractivity contribution in [1.82, 2.24) is 14.8 Å². The largest absolute Gasteiger partial charge is 0.372 e. The Morgan fingerprint density at radius 3 is 2.92 bits per heavy atom. The molecule has 1 atom stereocenters. The molecule has 0 aromatic carbocycles. The molecule has 3 saturated heterocycles. The third-order valence-electron chi connectivity index (χ3n) is 5.19. The number of carbonyl (C=O) groups excluding carboxylic acids is 1. The third kappa shape index (κ3) is 3.30. The second-order valence-electron chi connectivity index (χ2n) is 7.15. The Morgan fingerprint density at radius 1 is 1.42 bits per heavy atom. The summed E-state index contributed by atoms with van der Waals surface area (Å²) in [5.41, 5.74) is 0.827. The first-order valence-electron chi connectivity index (χ1n) is 8.84. The van der Waals surface area contributed by atoms with Crippen molar-refractivity contribution in [2.24, 2.45) is 0 Å². The second kappa shape index (κ2) is 6.61. The van der Waals surface area contributed by atoms with E-state index in [0.29, 0.717) is 26.3 Å². The Kier molecular flexibility index (Phi) is 4.49. The van der Waals surface area contributed by atoms with E-state index < -0.39 is 0 Å². The molecule has 132 valence electrons. The fourth-order valence-corrected chi connectivity index (χ4v) is 4.51. The van der Waals surface area contributed by atoms with Crippen LogP contribution in [0.5, 0.6) is 0 Å². The molecule has 6 nitrogen and oxygen atoms in total. The van der Waals surface area contributed by atoms with Gasteiger partial charge in [0.2, 0.25) is 0 Å². The zero-order valence-corrected chi connectivity index (χ0v) is 15.0. The van der Waals surface area contributed by atoms with E-state index in [2.05, 4.69) is 10.4 Å². The molecular formula is C17H25N3O3S. The molecule has 3 fully saturated rings. The van der Waals surface area contributed by atoms with Crippen molar-refractivity contribution in [3.8, 4) is 0 Å². The van der Waals surface area contributed by atoms with Crippen LogP contribution in [0.25, 0.3) is 0 Å². The molecule has 0 saturated carbocycles. The Balaban J connectivity index is 1.27. The fourth-order valence-electron chi connectivity index (χ4n) is 3.92. The molecule has 1 aromatic heterocycles. The first-order valence-corrected chi connectivity index (χ1v) is 9.72. The van der Waals surface area contributed by atoms with E-state index in [-0.39, 0.29) is 17.7 Å². The van der Waals surface area contributed by atoms with Gasteiger partial charge in [0.25, 0.3) is 0 Å². The number of thiazole rings is 1. The van der Waals surface area contributed by atoms with E-state index >= 15 is 0 Å². The van der Waals surface area contributed by atoms with Gasteiger partial charge in [0.1, 0.15) is 5.60 Å². The average molecular weight is 351 g/mol. The van der Waals surface area contributed by atoms with Gasteiger partial charge in [-0.2, -0.15) is 0 Å². The van der Waals surface area contributed by atoms with Gasteiger partial charge in [-0.1, -0.05) is 0 Å². The summed E-state index contributed by atoms with van der Waals surface area (Å²) in [6, 6.07) is 0.183. The van der Waals surface area contributed by atoms with Crippen LogP contribution in [0, 0.1) is 6.92 Å². The lowest BCUT2D eigenvalue weighted by Crippen LogP contribution is -2.68. The van der Waals surface area contributed by atoms with Crippen LogP contribution in [0.1, 0.15) is 36.4 Å². The maximum atomic E-state index is 12.4. The van der Waals surface area contributed by atoms with Crippen LogP contribution in [-0.2, 0) is 16.1 Å². The quantitative estimate of drug-likeness (QED) is 0.839. The van der Waals surface area contributed by atoms with E-state index in [1.807, 2.05) is 16.7 Å². The number of hydrogen-bond donors (Lipinski definition) is 0. The molecule has 3 aliphatic rings. The minimum Gasteiger partial charge on any atom is -0.372 e. The first-order chi connectivity index (χ1) is 11.6. The molecule has 24 heavy (non-hydrogen) atoms. The molecule has 1 aromatic rings. The van der Waals surface area contributed by atoms with Crippen molar-refractivity contribution in [1.29, 1.82) is 0 Å². The molecule has 0 radical (unpaired) electrons. The van der Waals surface area contributed by atoms with Gasteiger partial charge in [-0.05, 0) is 26.2 Å². The summed E-state index contributed by atoms with van der Waals surface area (Å²) in [5.74, 6) is 0. The SMILES string of the molecule is Cc1nc(CO[C@H]2CCOC3(C2)CN(C(=O)N2CCCC2)C3)cs1. The number of nitrogens with zero attached hydrogens (tertiary/aromatic N) is 3. The molecule has 0 N–H and O–H groups in total. The van der Waals surface area contributed by atoms with Crippen molar-refractivity contribution in [3.05, 3.63) is 16.1 Å². The maximum absolute atomic E-state index is 12.4. The number of aromatic nitrogens is 1. The molecular weight excluding hydrogens is 326 g/mol. The second-order valence-corrected chi connectivity index (χ2v) is 8.21. The van der Waals surface area contributed by atoms with Crippen LogP contribution in [0.3, 0.4) is 0 Å². The van der Waals surface area contributed by atoms with Gasteiger partial charge >= 0.3 is 6.03 Å². The Morgan fingerprint density at radius 2 is 2.21 bits per heavy atom. The van der Waals surface area contributed by atoms with Gasteiger partial charge < -0.3 is 19.3 Å². The van der Waals surface area contributed by atoms with Gasteiger partial charge in [0.15, 0.2) is 0 Å².